The van der Waals surface area contributed by atoms with Gasteiger partial charge >= 0.3 is 0 Å². The van der Waals surface area contributed by atoms with Crippen molar-refractivity contribution in [1.29, 1.82) is 0 Å². The Morgan fingerprint density at radius 3 is 2.09 bits per heavy atom. The molecule has 1 unspecified atom stereocenters. The lowest BCUT2D eigenvalue weighted by Crippen LogP contribution is -2.31. The van der Waals surface area contributed by atoms with Crippen LogP contribution in [0.4, 0.5) is 5.69 Å². The van der Waals surface area contributed by atoms with Crippen LogP contribution in [0.15, 0.2) is 54.6 Å². The Morgan fingerprint density at radius 2 is 1.50 bits per heavy atom. The van der Waals surface area contributed by atoms with Gasteiger partial charge in [-0.15, -0.1) is 0 Å². The van der Waals surface area contributed by atoms with Crippen molar-refractivity contribution in [3.63, 3.8) is 0 Å². The summed E-state index contributed by atoms with van der Waals surface area (Å²) in [7, 11) is 0. The maximum Gasteiger partial charge on any atom is 0.255 e. The third-order valence-electron chi connectivity index (χ3n) is 3.43. The van der Waals surface area contributed by atoms with Crippen LogP contribution in [0.3, 0.4) is 0 Å². The van der Waals surface area contributed by atoms with Gasteiger partial charge in [0.05, 0.1) is 0 Å². The van der Waals surface area contributed by atoms with Gasteiger partial charge in [-0.05, 0) is 49.7 Å². The fourth-order valence-corrected chi connectivity index (χ4v) is 1.91. The quantitative estimate of drug-likeness (QED) is 0.887. The molecule has 2 amide bonds. The zero-order chi connectivity index (χ0) is 15.9. The molecule has 0 aliphatic carbocycles. The van der Waals surface area contributed by atoms with Crippen LogP contribution in [-0.4, -0.2) is 17.9 Å². The molecule has 0 radical (unpaired) electrons. The summed E-state index contributed by atoms with van der Waals surface area (Å²) in [6, 6.07) is 16.0. The Kier molecular flexibility index (Phi) is 5.31. The molecule has 2 N–H and O–H groups in total. The smallest absolute Gasteiger partial charge is 0.255 e. The summed E-state index contributed by atoms with van der Waals surface area (Å²) in [5, 5.41) is 5.71. The van der Waals surface area contributed by atoms with E-state index in [1.54, 1.807) is 36.4 Å². The van der Waals surface area contributed by atoms with Gasteiger partial charge in [-0.2, -0.15) is 0 Å². The molecule has 2 rings (SSSR count). The number of nitrogens with one attached hydrogen (secondary N) is 2. The Bertz CT molecular complexity index is 636. The molecule has 2 aromatic rings. The number of anilines is 1. The van der Waals surface area contributed by atoms with Crippen molar-refractivity contribution >= 4 is 17.5 Å². The first kappa shape index (κ1) is 15.8. The van der Waals surface area contributed by atoms with Crippen molar-refractivity contribution in [2.24, 2.45) is 0 Å². The largest absolute Gasteiger partial charge is 0.350 e. The fourth-order valence-electron chi connectivity index (χ4n) is 1.91. The monoisotopic (exact) mass is 296 g/mol. The van der Waals surface area contributed by atoms with E-state index < -0.39 is 0 Å². The highest BCUT2D eigenvalue weighted by molar-refractivity contribution is 6.04. The van der Waals surface area contributed by atoms with Crippen LogP contribution in [0.5, 0.6) is 0 Å². The molecule has 0 aliphatic rings. The molecule has 0 heterocycles. The van der Waals surface area contributed by atoms with Gasteiger partial charge in [-0.3, -0.25) is 9.59 Å². The van der Waals surface area contributed by atoms with Gasteiger partial charge in [0.25, 0.3) is 11.8 Å². The number of hydrogen-bond donors (Lipinski definition) is 2. The highest BCUT2D eigenvalue weighted by atomic mass is 16.2. The predicted molar refractivity (Wildman–Crippen MR) is 88.1 cm³/mol. The average Bonchev–Trinajstić information content (AvgIpc) is 2.56. The van der Waals surface area contributed by atoms with Crippen LogP contribution < -0.4 is 10.6 Å². The number of hydrogen-bond acceptors (Lipinski definition) is 2. The van der Waals surface area contributed by atoms with Gasteiger partial charge in [0, 0.05) is 22.9 Å². The molecule has 0 bridgehead atoms. The zero-order valence-corrected chi connectivity index (χ0v) is 12.8. The van der Waals surface area contributed by atoms with Crippen LogP contribution in [0, 0.1) is 0 Å². The first-order valence-electron chi connectivity index (χ1n) is 7.37. The van der Waals surface area contributed by atoms with Gasteiger partial charge in [0.15, 0.2) is 0 Å². The Labute approximate surface area is 130 Å². The second-order valence-electron chi connectivity index (χ2n) is 5.18. The second kappa shape index (κ2) is 7.41. The molecule has 0 aromatic heterocycles. The Morgan fingerprint density at radius 1 is 0.909 bits per heavy atom. The predicted octanol–water partition coefficient (Wildman–Crippen LogP) is 3.47. The van der Waals surface area contributed by atoms with Crippen molar-refractivity contribution in [2.45, 2.75) is 26.3 Å². The van der Waals surface area contributed by atoms with Crippen LogP contribution in [0.25, 0.3) is 0 Å². The highest BCUT2D eigenvalue weighted by Gasteiger charge is 2.09. The van der Waals surface area contributed by atoms with E-state index in [-0.39, 0.29) is 17.9 Å². The minimum Gasteiger partial charge on any atom is -0.350 e. The van der Waals surface area contributed by atoms with E-state index in [0.29, 0.717) is 16.8 Å². The van der Waals surface area contributed by atoms with E-state index in [0.717, 1.165) is 6.42 Å². The van der Waals surface area contributed by atoms with E-state index in [4.69, 9.17) is 0 Å². The average molecular weight is 296 g/mol. The zero-order valence-electron chi connectivity index (χ0n) is 12.8. The van der Waals surface area contributed by atoms with E-state index >= 15 is 0 Å². The lowest BCUT2D eigenvalue weighted by Gasteiger charge is -2.11. The molecule has 0 aliphatic heterocycles. The molecular weight excluding hydrogens is 276 g/mol. The summed E-state index contributed by atoms with van der Waals surface area (Å²) in [5.74, 6) is -0.271. The van der Waals surface area contributed by atoms with Gasteiger partial charge in [0.1, 0.15) is 0 Å². The SMILES string of the molecule is CCC(C)NC(=O)c1ccc(NC(=O)c2ccccc2)cc1. The molecule has 0 fully saturated rings. The summed E-state index contributed by atoms with van der Waals surface area (Å²) in [6.07, 6.45) is 0.886. The molecule has 1 atom stereocenters. The van der Waals surface area contributed by atoms with E-state index in [2.05, 4.69) is 10.6 Å². The first-order valence-corrected chi connectivity index (χ1v) is 7.37. The Balaban J connectivity index is 2.00. The van der Waals surface area contributed by atoms with Crippen molar-refractivity contribution < 1.29 is 9.59 Å². The topological polar surface area (TPSA) is 58.2 Å². The summed E-state index contributed by atoms with van der Waals surface area (Å²) >= 11 is 0. The standard InChI is InChI=1S/C18H20N2O2/c1-3-13(2)19-17(21)15-9-11-16(12-10-15)20-18(22)14-7-5-4-6-8-14/h4-13H,3H2,1-2H3,(H,19,21)(H,20,22). The summed E-state index contributed by atoms with van der Waals surface area (Å²) < 4.78 is 0. The number of amides is 2. The molecule has 114 valence electrons. The molecule has 22 heavy (non-hydrogen) atoms. The van der Waals surface area contributed by atoms with Crippen molar-refractivity contribution in [1.82, 2.24) is 5.32 Å². The maximum atomic E-state index is 12.0. The summed E-state index contributed by atoms with van der Waals surface area (Å²) in [4.78, 5) is 24.0. The molecule has 2 aromatic carbocycles. The second-order valence-corrected chi connectivity index (χ2v) is 5.18. The van der Waals surface area contributed by atoms with Crippen LogP contribution in [0.2, 0.25) is 0 Å². The van der Waals surface area contributed by atoms with Crippen molar-refractivity contribution in [3.8, 4) is 0 Å². The minimum atomic E-state index is -0.169. The third-order valence-corrected chi connectivity index (χ3v) is 3.43. The van der Waals surface area contributed by atoms with E-state index in [1.165, 1.54) is 0 Å². The number of benzene rings is 2. The molecule has 4 heteroatoms. The fraction of sp³-hybridized carbons (Fsp3) is 0.222. The van der Waals surface area contributed by atoms with Crippen LogP contribution in [-0.2, 0) is 0 Å². The van der Waals surface area contributed by atoms with Crippen molar-refractivity contribution in [3.05, 3.63) is 65.7 Å². The molecule has 4 nitrogen and oxygen atoms in total. The van der Waals surface area contributed by atoms with E-state index in [9.17, 15) is 9.59 Å². The van der Waals surface area contributed by atoms with Gasteiger partial charge in [0.2, 0.25) is 0 Å². The molecule has 0 saturated heterocycles. The summed E-state index contributed by atoms with van der Waals surface area (Å²) in [6.45, 7) is 3.99. The highest BCUT2D eigenvalue weighted by Crippen LogP contribution is 2.12. The number of carbonyl (C=O) groups excluding carboxylic acids is 2. The van der Waals surface area contributed by atoms with Crippen molar-refractivity contribution in [2.75, 3.05) is 5.32 Å². The minimum absolute atomic E-state index is 0.102. The van der Waals surface area contributed by atoms with Crippen LogP contribution >= 0.6 is 0 Å². The van der Waals surface area contributed by atoms with Gasteiger partial charge in [-0.25, -0.2) is 0 Å². The number of rotatable bonds is 5. The summed E-state index contributed by atoms with van der Waals surface area (Å²) in [5.41, 5.74) is 1.84. The van der Waals surface area contributed by atoms with Gasteiger partial charge in [-0.1, -0.05) is 25.1 Å². The maximum absolute atomic E-state index is 12.0. The first-order chi connectivity index (χ1) is 10.6. The molecule has 0 saturated carbocycles. The van der Waals surface area contributed by atoms with Gasteiger partial charge < -0.3 is 10.6 Å². The van der Waals surface area contributed by atoms with Crippen LogP contribution in [0.1, 0.15) is 41.0 Å². The lowest BCUT2D eigenvalue weighted by atomic mass is 10.1. The molecule has 0 spiro atoms. The Hall–Kier alpha value is -2.62. The molecular formula is C18H20N2O2. The number of carbonyl (C=O) groups is 2. The lowest BCUT2D eigenvalue weighted by molar-refractivity contribution is 0.0938. The normalized spacial score (nSPS) is 11.5. The van der Waals surface area contributed by atoms with E-state index in [1.807, 2.05) is 32.0 Å². The third kappa shape index (κ3) is 4.19.